The van der Waals surface area contributed by atoms with Crippen molar-refractivity contribution in [3.05, 3.63) is 63.9 Å². The maximum atomic E-state index is 13.1. The summed E-state index contributed by atoms with van der Waals surface area (Å²) >= 11 is 3.31. The number of hydrogen-bond donors (Lipinski definition) is 2. The molecule has 0 bridgehead atoms. The van der Waals surface area contributed by atoms with E-state index in [1.54, 1.807) is 30.3 Å². The van der Waals surface area contributed by atoms with Gasteiger partial charge in [-0.2, -0.15) is 5.26 Å². The lowest BCUT2D eigenvalue weighted by atomic mass is 10.1. The number of nitriles is 1. The van der Waals surface area contributed by atoms with Crippen LogP contribution in [0.15, 0.2) is 46.9 Å². The third kappa shape index (κ3) is 3.56. The normalized spacial score (nSPS) is 11.7. The van der Waals surface area contributed by atoms with Gasteiger partial charge in [0.25, 0.3) is 0 Å². The highest BCUT2D eigenvalue weighted by Gasteiger charge is 2.09. The fourth-order valence-corrected chi connectivity index (χ4v) is 2.12. The zero-order chi connectivity index (χ0) is 14.5. The maximum absolute atomic E-state index is 13.1. The summed E-state index contributed by atoms with van der Waals surface area (Å²) in [4.78, 5) is 0. The molecule has 1 unspecified atom stereocenters. The van der Waals surface area contributed by atoms with Crippen LogP contribution >= 0.6 is 15.9 Å². The summed E-state index contributed by atoms with van der Waals surface area (Å²) in [6.45, 7) is 0.244. The van der Waals surface area contributed by atoms with E-state index in [0.29, 0.717) is 16.8 Å². The highest BCUT2D eigenvalue weighted by molar-refractivity contribution is 9.10. The zero-order valence-corrected chi connectivity index (χ0v) is 12.1. The van der Waals surface area contributed by atoms with Gasteiger partial charge >= 0.3 is 0 Å². The second-order valence-corrected chi connectivity index (χ2v) is 5.11. The van der Waals surface area contributed by atoms with Gasteiger partial charge in [-0.25, -0.2) is 4.39 Å². The molecule has 102 valence electrons. The molecule has 3 nitrogen and oxygen atoms in total. The summed E-state index contributed by atoms with van der Waals surface area (Å²) in [6, 6.07) is 13.0. The Labute approximate surface area is 124 Å². The van der Waals surface area contributed by atoms with Crippen molar-refractivity contribution in [3.63, 3.8) is 0 Å². The Bertz CT molecular complexity index is 637. The van der Waals surface area contributed by atoms with Gasteiger partial charge in [0.2, 0.25) is 0 Å². The minimum Gasteiger partial charge on any atom is -0.387 e. The van der Waals surface area contributed by atoms with E-state index in [2.05, 4.69) is 21.2 Å². The molecule has 1 atom stereocenters. The number of anilines is 1. The van der Waals surface area contributed by atoms with Gasteiger partial charge < -0.3 is 10.4 Å². The first-order chi connectivity index (χ1) is 9.60. The molecule has 2 rings (SSSR count). The minimum atomic E-state index is -0.738. The lowest BCUT2D eigenvalue weighted by Crippen LogP contribution is -2.12. The molecular weight excluding hydrogens is 323 g/mol. The molecule has 0 aliphatic carbocycles. The summed E-state index contributed by atoms with van der Waals surface area (Å²) in [5.41, 5.74) is 1.82. The Kier molecular flexibility index (Phi) is 4.72. The fraction of sp³-hybridized carbons (Fsp3) is 0.133. The van der Waals surface area contributed by atoms with Gasteiger partial charge in [0.1, 0.15) is 5.82 Å². The van der Waals surface area contributed by atoms with Gasteiger partial charge in [0.05, 0.1) is 23.4 Å². The van der Waals surface area contributed by atoms with Crippen LogP contribution in [0.3, 0.4) is 0 Å². The number of benzene rings is 2. The number of aliphatic hydroxyl groups is 1. The highest BCUT2D eigenvalue weighted by atomic mass is 79.9. The average molecular weight is 335 g/mol. The number of nitrogens with zero attached hydrogens (tertiary/aromatic N) is 1. The number of hydrogen-bond acceptors (Lipinski definition) is 3. The van der Waals surface area contributed by atoms with Crippen LogP contribution in [-0.2, 0) is 0 Å². The predicted molar refractivity (Wildman–Crippen MR) is 78.7 cm³/mol. The Morgan fingerprint density at radius 2 is 1.95 bits per heavy atom. The van der Waals surface area contributed by atoms with E-state index in [-0.39, 0.29) is 12.4 Å². The average Bonchev–Trinajstić information content (AvgIpc) is 2.48. The first-order valence-corrected chi connectivity index (χ1v) is 6.76. The fourth-order valence-electron chi connectivity index (χ4n) is 1.74. The van der Waals surface area contributed by atoms with Gasteiger partial charge in [-0.05, 0) is 51.8 Å². The molecule has 0 aromatic heterocycles. The summed E-state index contributed by atoms with van der Waals surface area (Å²) in [5.74, 6) is -0.344. The van der Waals surface area contributed by atoms with Crippen LogP contribution in [0, 0.1) is 17.1 Å². The predicted octanol–water partition coefficient (Wildman–Crippen LogP) is 3.61. The third-order valence-electron chi connectivity index (χ3n) is 2.84. The second-order valence-electron chi connectivity index (χ2n) is 4.25. The SMILES string of the molecule is N#Cc1ccc(C(O)CNc2cc(F)ccc2Br)cc1. The van der Waals surface area contributed by atoms with Crippen molar-refractivity contribution in [1.82, 2.24) is 0 Å². The van der Waals surface area contributed by atoms with Crippen molar-refractivity contribution < 1.29 is 9.50 Å². The molecule has 2 aromatic carbocycles. The van der Waals surface area contributed by atoms with E-state index in [1.165, 1.54) is 12.1 Å². The van der Waals surface area contributed by atoms with Crippen molar-refractivity contribution in [1.29, 1.82) is 5.26 Å². The van der Waals surface area contributed by atoms with E-state index in [0.717, 1.165) is 4.47 Å². The molecule has 0 aliphatic rings. The van der Waals surface area contributed by atoms with Crippen molar-refractivity contribution in [2.24, 2.45) is 0 Å². The molecule has 0 amide bonds. The lowest BCUT2D eigenvalue weighted by Gasteiger charge is -2.14. The topological polar surface area (TPSA) is 56.0 Å². The smallest absolute Gasteiger partial charge is 0.125 e. The van der Waals surface area contributed by atoms with Crippen molar-refractivity contribution >= 4 is 21.6 Å². The van der Waals surface area contributed by atoms with Crippen molar-refractivity contribution in [2.45, 2.75) is 6.10 Å². The van der Waals surface area contributed by atoms with Gasteiger partial charge in [-0.15, -0.1) is 0 Å². The Balaban J connectivity index is 2.02. The monoisotopic (exact) mass is 334 g/mol. The van der Waals surface area contributed by atoms with Crippen molar-refractivity contribution in [2.75, 3.05) is 11.9 Å². The molecule has 2 N–H and O–H groups in total. The zero-order valence-electron chi connectivity index (χ0n) is 10.5. The van der Waals surface area contributed by atoms with E-state index in [1.807, 2.05) is 6.07 Å². The van der Waals surface area contributed by atoms with Gasteiger partial charge in [0, 0.05) is 11.0 Å². The first-order valence-electron chi connectivity index (χ1n) is 5.97. The third-order valence-corrected chi connectivity index (χ3v) is 3.53. The number of nitrogens with one attached hydrogen (secondary N) is 1. The summed E-state index contributed by atoms with van der Waals surface area (Å²) in [6.07, 6.45) is -0.738. The van der Waals surface area contributed by atoms with Crippen LogP contribution in [0.5, 0.6) is 0 Å². The Morgan fingerprint density at radius 1 is 1.25 bits per heavy atom. The largest absolute Gasteiger partial charge is 0.387 e. The van der Waals surface area contributed by atoms with Gasteiger partial charge in [-0.1, -0.05) is 12.1 Å². The van der Waals surface area contributed by atoms with Crippen molar-refractivity contribution in [3.8, 4) is 6.07 Å². The van der Waals surface area contributed by atoms with Gasteiger partial charge in [-0.3, -0.25) is 0 Å². The molecule has 20 heavy (non-hydrogen) atoms. The Hall–Kier alpha value is -1.90. The van der Waals surface area contributed by atoms with E-state index in [4.69, 9.17) is 5.26 Å². The van der Waals surface area contributed by atoms with Crippen LogP contribution in [0.4, 0.5) is 10.1 Å². The maximum Gasteiger partial charge on any atom is 0.125 e. The lowest BCUT2D eigenvalue weighted by molar-refractivity contribution is 0.191. The number of aliphatic hydroxyl groups excluding tert-OH is 1. The standard InChI is InChI=1S/C15H12BrFN2O/c16-13-6-5-12(17)7-14(13)19-9-15(20)11-3-1-10(8-18)2-4-11/h1-7,15,19-20H,9H2. The highest BCUT2D eigenvalue weighted by Crippen LogP contribution is 2.24. The van der Waals surface area contributed by atoms with Gasteiger partial charge in [0.15, 0.2) is 0 Å². The summed E-state index contributed by atoms with van der Waals surface area (Å²) in [5, 5.41) is 21.7. The van der Waals surface area contributed by atoms with Crippen LogP contribution in [0.1, 0.15) is 17.2 Å². The molecule has 0 saturated heterocycles. The molecular formula is C15H12BrFN2O. The first kappa shape index (κ1) is 14.5. The van der Waals surface area contributed by atoms with E-state index < -0.39 is 6.10 Å². The minimum absolute atomic E-state index is 0.244. The molecule has 5 heteroatoms. The summed E-state index contributed by atoms with van der Waals surface area (Å²) in [7, 11) is 0. The molecule has 0 saturated carbocycles. The van der Waals surface area contributed by atoms with Crippen LogP contribution < -0.4 is 5.32 Å². The Morgan fingerprint density at radius 3 is 2.60 bits per heavy atom. The number of rotatable bonds is 4. The molecule has 0 fully saturated rings. The quantitative estimate of drug-likeness (QED) is 0.898. The molecule has 0 heterocycles. The van der Waals surface area contributed by atoms with Crippen LogP contribution in [0.2, 0.25) is 0 Å². The van der Waals surface area contributed by atoms with E-state index in [9.17, 15) is 9.50 Å². The number of halogens is 2. The molecule has 2 aromatic rings. The molecule has 0 aliphatic heterocycles. The summed E-state index contributed by atoms with van der Waals surface area (Å²) < 4.78 is 13.9. The van der Waals surface area contributed by atoms with E-state index >= 15 is 0 Å². The second kappa shape index (κ2) is 6.51. The van der Waals surface area contributed by atoms with Crippen LogP contribution in [0.25, 0.3) is 0 Å². The molecule has 0 radical (unpaired) electrons. The molecule has 0 spiro atoms. The van der Waals surface area contributed by atoms with Crippen LogP contribution in [-0.4, -0.2) is 11.7 Å².